The van der Waals surface area contributed by atoms with Gasteiger partial charge in [0.25, 0.3) is 11.7 Å². The molecule has 2 aromatic heterocycles. The molecule has 128 valence electrons. The van der Waals surface area contributed by atoms with E-state index in [1.54, 1.807) is 12.1 Å². The SMILES string of the molecule is O=C(Nc1ccncc1)c1nnn(-c2ccc(OC(F)(F)F)cc2)n1. The van der Waals surface area contributed by atoms with Gasteiger partial charge in [0.1, 0.15) is 5.75 Å². The van der Waals surface area contributed by atoms with Crippen LogP contribution in [-0.4, -0.2) is 37.5 Å². The highest BCUT2D eigenvalue weighted by Crippen LogP contribution is 2.23. The number of hydrogen-bond donors (Lipinski definition) is 1. The molecule has 11 heteroatoms. The Balaban J connectivity index is 1.71. The van der Waals surface area contributed by atoms with Crippen molar-refractivity contribution in [3.63, 3.8) is 0 Å². The monoisotopic (exact) mass is 350 g/mol. The van der Waals surface area contributed by atoms with E-state index in [0.29, 0.717) is 11.4 Å². The second kappa shape index (κ2) is 6.55. The molecule has 0 unspecified atom stereocenters. The molecule has 0 aliphatic carbocycles. The van der Waals surface area contributed by atoms with Crippen LogP contribution in [0.25, 0.3) is 5.69 Å². The molecule has 1 N–H and O–H groups in total. The third kappa shape index (κ3) is 4.28. The number of carbonyl (C=O) groups excluding carboxylic acids is 1. The summed E-state index contributed by atoms with van der Waals surface area (Å²) in [7, 11) is 0. The van der Waals surface area contributed by atoms with Crippen molar-refractivity contribution in [2.45, 2.75) is 6.36 Å². The number of benzene rings is 1. The molecule has 0 saturated heterocycles. The van der Waals surface area contributed by atoms with Gasteiger partial charge in [0.2, 0.25) is 0 Å². The first-order valence-electron chi connectivity index (χ1n) is 6.78. The minimum Gasteiger partial charge on any atom is -0.406 e. The summed E-state index contributed by atoms with van der Waals surface area (Å²) in [6, 6.07) is 7.97. The summed E-state index contributed by atoms with van der Waals surface area (Å²) in [6.45, 7) is 0. The van der Waals surface area contributed by atoms with Crippen LogP contribution in [0.4, 0.5) is 18.9 Å². The van der Waals surface area contributed by atoms with Gasteiger partial charge in [-0.3, -0.25) is 9.78 Å². The Bertz CT molecular complexity index is 864. The van der Waals surface area contributed by atoms with E-state index in [2.05, 4.69) is 30.4 Å². The minimum absolute atomic E-state index is 0.201. The van der Waals surface area contributed by atoms with Gasteiger partial charge in [-0.2, -0.15) is 0 Å². The number of carbonyl (C=O) groups is 1. The third-order valence-corrected chi connectivity index (χ3v) is 2.86. The standard InChI is InChI=1S/C14H9F3N6O2/c15-14(16,17)25-11-3-1-10(2-4-11)23-21-12(20-22-23)13(24)19-9-5-7-18-8-6-9/h1-8H,(H,18,19,24). The molecule has 2 heterocycles. The van der Waals surface area contributed by atoms with Crippen molar-refractivity contribution in [1.82, 2.24) is 25.2 Å². The molecule has 0 saturated carbocycles. The Morgan fingerprint density at radius 3 is 2.40 bits per heavy atom. The molecule has 0 atom stereocenters. The Morgan fingerprint density at radius 2 is 1.76 bits per heavy atom. The average Bonchev–Trinajstić information content (AvgIpc) is 3.05. The van der Waals surface area contributed by atoms with Gasteiger partial charge >= 0.3 is 6.36 Å². The van der Waals surface area contributed by atoms with Crippen LogP contribution in [-0.2, 0) is 0 Å². The van der Waals surface area contributed by atoms with Gasteiger partial charge in [0.15, 0.2) is 0 Å². The van der Waals surface area contributed by atoms with E-state index in [1.165, 1.54) is 24.5 Å². The molecule has 0 fully saturated rings. The highest BCUT2D eigenvalue weighted by molar-refractivity contribution is 6.01. The molecule has 0 radical (unpaired) electrons. The van der Waals surface area contributed by atoms with Crippen LogP contribution in [0.3, 0.4) is 0 Å². The number of ether oxygens (including phenoxy) is 1. The van der Waals surface area contributed by atoms with E-state index >= 15 is 0 Å². The van der Waals surface area contributed by atoms with Crippen molar-refractivity contribution in [2.24, 2.45) is 0 Å². The third-order valence-electron chi connectivity index (χ3n) is 2.86. The number of hydrogen-bond acceptors (Lipinski definition) is 6. The normalized spacial score (nSPS) is 11.2. The number of aromatic nitrogens is 5. The van der Waals surface area contributed by atoms with E-state index < -0.39 is 12.3 Å². The molecule has 3 rings (SSSR count). The molecule has 1 amide bonds. The fraction of sp³-hybridized carbons (Fsp3) is 0.0714. The zero-order valence-electron chi connectivity index (χ0n) is 12.3. The quantitative estimate of drug-likeness (QED) is 0.775. The van der Waals surface area contributed by atoms with Crippen LogP contribution in [0.15, 0.2) is 48.8 Å². The highest BCUT2D eigenvalue weighted by Gasteiger charge is 2.31. The van der Waals surface area contributed by atoms with Crippen molar-refractivity contribution in [1.29, 1.82) is 0 Å². The number of nitrogens with one attached hydrogen (secondary N) is 1. The van der Waals surface area contributed by atoms with Gasteiger partial charge in [-0.05, 0) is 41.6 Å². The lowest BCUT2D eigenvalue weighted by molar-refractivity contribution is -0.274. The molecule has 1 aromatic carbocycles. The number of pyridine rings is 1. The van der Waals surface area contributed by atoms with Gasteiger partial charge in [0, 0.05) is 18.1 Å². The van der Waals surface area contributed by atoms with Gasteiger partial charge < -0.3 is 10.1 Å². The van der Waals surface area contributed by atoms with Gasteiger partial charge in [0.05, 0.1) is 5.69 Å². The van der Waals surface area contributed by atoms with Crippen LogP contribution in [0.1, 0.15) is 10.6 Å². The number of halogens is 3. The van der Waals surface area contributed by atoms with Crippen molar-refractivity contribution < 1.29 is 22.7 Å². The first-order chi connectivity index (χ1) is 11.9. The van der Waals surface area contributed by atoms with E-state index in [0.717, 1.165) is 16.9 Å². The van der Waals surface area contributed by atoms with Crippen LogP contribution < -0.4 is 10.1 Å². The summed E-state index contributed by atoms with van der Waals surface area (Å²) in [6.07, 6.45) is -1.76. The van der Waals surface area contributed by atoms with Crippen LogP contribution in [0, 0.1) is 0 Å². The molecule has 0 spiro atoms. The predicted octanol–water partition coefficient (Wildman–Crippen LogP) is 2.21. The summed E-state index contributed by atoms with van der Waals surface area (Å²) in [5.41, 5.74) is 0.815. The van der Waals surface area contributed by atoms with Gasteiger partial charge in [-0.1, -0.05) is 0 Å². The van der Waals surface area contributed by atoms with E-state index in [1.807, 2.05) is 0 Å². The Hall–Kier alpha value is -3.50. The fourth-order valence-electron chi connectivity index (χ4n) is 1.82. The fourth-order valence-corrected chi connectivity index (χ4v) is 1.82. The summed E-state index contributed by atoms with van der Waals surface area (Å²) >= 11 is 0. The van der Waals surface area contributed by atoms with Crippen LogP contribution >= 0.6 is 0 Å². The van der Waals surface area contributed by atoms with E-state index in [9.17, 15) is 18.0 Å². The first-order valence-corrected chi connectivity index (χ1v) is 6.78. The summed E-state index contributed by atoms with van der Waals surface area (Å²) in [5, 5.41) is 13.7. The Morgan fingerprint density at radius 1 is 1.08 bits per heavy atom. The van der Waals surface area contributed by atoms with Crippen molar-refractivity contribution in [3.05, 3.63) is 54.6 Å². The first kappa shape index (κ1) is 16.4. The average molecular weight is 350 g/mol. The molecular weight excluding hydrogens is 341 g/mol. The second-order valence-electron chi connectivity index (χ2n) is 4.63. The second-order valence-corrected chi connectivity index (χ2v) is 4.63. The molecule has 8 nitrogen and oxygen atoms in total. The molecule has 0 aliphatic heterocycles. The Kier molecular flexibility index (Phi) is 4.29. The number of anilines is 1. The maximum absolute atomic E-state index is 12.1. The largest absolute Gasteiger partial charge is 0.573 e. The van der Waals surface area contributed by atoms with Crippen molar-refractivity contribution >= 4 is 11.6 Å². The van der Waals surface area contributed by atoms with E-state index in [-0.39, 0.29) is 11.6 Å². The Labute approximate surface area is 138 Å². The van der Waals surface area contributed by atoms with E-state index in [4.69, 9.17) is 0 Å². The maximum Gasteiger partial charge on any atom is 0.573 e. The van der Waals surface area contributed by atoms with Crippen LogP contribution in [0.2, 0.25) is 0 Å². The lowest BCUT2D eigenvalue weighted by Crippen LogP contribution is -2.17. The number of alkyl halides is 3. The maximum atomic E-state index is 12.1. The topological polar surface area (TPSA) is 94.8 Å². The summed E-state index contributed by atoms with van der Waals surface area (Å²) in [4.78, 5) is 16.8. The highest BCUT2D eigenvalue weighted by atomic mass is 19.4. The number of amides is 1. The summed E-state index contributed by atoms with van der Waals surface area (Å²) < 4.78 is 40.1. The number of rotatable bonds is 4. The van der Waals surface area contributed by atoms with Crippen LogP contribution in [0.5, 0.6) is 5.75 Å². The lowest BCUT2D eigenvalue weighted by Gasteiger charge is -2.08. The number of tetrazole rings is 1. The molecular formula is C14H9F3N6O2. The van der Waals surface area contributed by atoms with Gasteiger partial charge in [-0.15, -0.1) is 28.2 Å². The molecule has 25 heavy (non-hydrogen) atoms. The zero-order valence-corrected chi connectivity index (χ0v) is 12.3. The molecule has 3 aromatic rings. The molecule has 0 bridgehead atoms. The van der Waals surface area contributed by atoms with Crippen molar-refractivity contribution in [3.8, 4) is 11.4 Å². The smallest absolute Gasteiger partial charge is 0.406 e. The zero-order chi connectivity index (χ0) is 17.9. The number of nitrogens with zero attached hydrogens (tertiary/aromatic N) is 5. The lowest BCUT2D eigenvalue weighted by atomic mass is 10.3. The minimum atomic E-state index is -4.77. The predicted molar refractivity (Wildman–Crippen MR) is 78.0 cm³/mol. The summed E-state index contributed by atoms with van der Waals surface area (Å²) in [5.74, 6) is -1.17. The molecule has 0 aliphatic rings. The van der Waals surface area contributed by atoms with Crippen molar-refractivity contribution in [2.75, 3.05) is 5.32 Å². The van der Waals surface area contributed by atoms with Gasteiger partial charge in [-0.25, -0.2) is 0 Å².